The van der Waals surface area contributed by atoms with Crippen LogP contribution in [0.1, 0.15) is 5.56 Å². The smallest absolute Gasteiger partial charge is 0.146 e. The lowest BCUT2D eigenvalue weighted by Crippen LogP contribution is -2.03. The normalized spacial score (nSPS) is 10.0. The molecule has 17 heavy (non-hydrogen) atoms. The Kier molecular flexibility index (Phi) is 3.60. The number of hydrogen-bond donors (Lipinski definition) is 1. The van der Waals surface area contributed by atoms with Crippen LogP contribution in [0, 0.1) is 11.9 Å². The van der Waals surface area contributed by atoms with Gasteiger partial charge < -0.3 is 10.1 Å². The number of nitrogens with one attached hydrogen (secondary N) is 1. The van der Waals surface area contributed by atoms with Crippen LogP contribution < -0.4 is 10.1 Å². The SMILES string of the molecule is COc1ccccc1CNc1[c]cccc1F. The average Bonchev–Trinajstić information content (AvgIpc) is 2.38. The second-order valence-electron chi connectivity index (χ2n) is 3.56. The van der Waals surface area contributed by atoms with Gasteiger partial charge in [-0.1, -0.05) is 30.3 Å². The highest BCUT2D eigenvalue weighted by atomic mass is 19.1. The van der Waals surface area contributed by atoms with Crippen LogP contribution >= 0.6 is 0 Å². The fraction of sp³-hybridized carbons (Fsp3) is 0.143. The fourth-order valence-corrected chi connectivity index (χ4v) is 1.58. The highest BCUT2D eigenvalue weighted by molar-refractivity contribution is 5.45. The van der Waals surface area contributed by atoms with Gasteiger partial charge in [-0.3, -0.25) is 0 Å². The molecule has 3 heteroatoms. The van der Waals surface area contributed by atoms with Crippen molar-refractivity contribution in [2.75, 3.05) is 12.4 Å². The van der Waals surface area contributed by atoms with E-state index in [4.69, 9.17) is 4.74 Å². The molecule has 1 N–H and O–H groups in total. The predicted molar refractivity (Wildman–Crippen MR) is 65.6 cm³/mol. The zero-order chi connectivity index (χ0) is 12.1. The first kappa shape index (κ1) is 11.5. The summed E-state index contributed by atoms with van der Waals surface area (Å²) in [6.07, 6.45) is 0. The minimum atomic E-state index is -0.303. The van der Waals surface area contributed by atoms with E-state index in [1.165, 1.54) is 6.07 Å². The molecule has 2 rings (SSSR count). The van der Waals surface area contributed by atoms with Crippen LogP contribution in [0.2, 0.25) is 0 Å². The first-order chi connectivity index (χ1) is 8.31. The maximum absolute atomic E-state index is 13.3. The molecule has 0 unspecified atom stereocenters. The standard InChI is InChI=1S/C14H13FNO/c1-17-14-9-5-2-6-11(14)10-16-13-8-4-3-7-12(13)15/h2-7,9,16H,10H2,1H3. The van der Waals surface area contributed by atoms with Crippen LogP contribution in [0.4, 0.5) is 10.1 Å². The van der Waals surface area contributed by atoms with Gasteiger partial charge in [-0.2, -0.15) is 0 Å². The highest BCUT2D eigenvalue weighted by Gasteiger charge is 2.03. The summed E-state index contributed by atoms with van der Waals surface area (Å²) in [7, 11) is 1.62. The van der Waals surface area contributed by atoms with Crippen LogP contribution in [0.3, 0.4) is 0 Å². The van der Waals surface area contributed by atoms with Crippen LogP contribution in [0.15, 0.2) is 42.5 Å². The van der Waals surface area contributed by atoms with Crippen molar-refractivity contribution in [3.05, 3.63) is 59.9 Å². The van der Waals surface area contributed by atoms with E-state index in [1.807, 2.05) is 24.3 Å². The Bertz CT molecular complexity index is 499. The molecule has 1 radical (unpaired) electrons. The van der Waals surface area contributed by atoms with Gasteiger partial charge in [-0.15, -0.1) is 0 Å². The van der Waals surface area contributed by atoms with Crippen molar-refractivity contribution in [2.45, 2.75) is 6.54 Å². The monoisotopic (exact) mass is 230 g/mol. The second kappa shape index (κ2) is 5.34. The lowest BCUT2D eigenvalue weighted by molar-refractivity contribution is 0.410. The van der Waals surface area contributed by atoms with Crippen molar-refractivity contribution >= 4 is 5.69 Å². The summed E-state index contributed by atoms with van der Waals surface area (Å²) in [4.78, 5) is 0. The molecule has 2 aromatic carbocycles. The summed E-state index contributed by atoms with van der Waals surface area (Å²) < 4.78 is 18.6. The van der Waals surface area contributed by atoms with E-state index >= 15 is 0 Å². The van der Waals surface area contributed by atoms with Crippen molar-refractivity contribution in [3.8, 4) is 5.75 Å². The molecule has 0 aliphatic carbocycles. The Labute approximate surface area is 100 Å². The molecule has 0 bridgehead atoms. The van der Waals surface area contributed by atoms with E-state index in [-0.39, 0.29) is 5.82 Å². The molecular weight excluding hydrogens is 217 g/mol. The third-order valence-corrected chi connectivity index (χ3v) is 2.45. The molecule has 0 heterocycles. The van der Waals surface area contributed by atoms with Crippen LogP contribution in [0.5, 0.6) is 5.75 Å². The molecule has 0 aromatic heterocycles. The van der Waals surface area contributed by atoms with Gasteiger partial charge in [0.25, 0.3) is 0 Å². The Morgan fingerprint density at radius 1 is 1.24 bits per heavy atom. The highest BCUT2D eigenvalue weighted by Crippen LogP contribution is 2.19. The van der Waals surface area contributed by atoms with E-state index in [2.05, 4.69) is 11.4 Å². The van der Waals surface area contributed by atoms with E-state index in [1.54, 1.807) is 19.2 Å². The van der Waals surface area contributed by atoms with Gasteiger partial charge in [0.15, 0.2) is 0 Å². The summed E-state index contributed by atoms with van der Waals surface area (Å²) in [5.41, 5.74) is 1.35. The zero-order valence-electron chi connectivity index (χ0n) is 9.53. The summed E-state index contributed by atoms with van der Waals surface area (Å²) in [6.45, 7) is 0.501. The Hall–Kier alpha value is -2.03. The molecule has 0 saturated heterocycles. The lowest BCUT2D eigenvalue weighted by atomic mass is 10.2. The number of ether oxygens (including phenoxy) is 1. The van der Waals surface area contributed by atoms with Crippen molar-refractivity contribution in [1.29, 1.82) is 0 Å². The van der Waals surface area contributed by atoms with Gasteiger partial charge in [0.1, 0.15) is 11.6 Å². The molecule has 0 amide bonds. The van der Waals surface area contributed by atoms with E-state index in [0.29, 0.717) is 12.2 Å². The number of hydrogen-bond acceptors (Lipinski definition) is 2. The summed E-state index contributed by atoms with van der Waals surface area (Å²) in [5.74, 6) is 0.485. The van der Waals surface area contributed by atoms with Crippen LogP contribution in [0.25, 0.3) is 0 Å². The molecule has 87 valence electrons. The summed E-state index contributed by atoms with van der Waals surface area (Å²) in [5, 5.41) is 2.99. The third-order valence-electron chi connectivity index (χ3n) is 2.45. The molecular formula is C14H13FNO. The van der Waals surface area contributed by atoms with Crippen molar-refractivity contribution in [2.24, 2.45) is 0 Å². The fourth-order valence-electron chi connectivity index (χ4n) is 1.58. The number of benzene rings is 2. The minimum absolute atomic E-state index is 0.303. The Balaban J connectivity index is 2.10. The molecule has 0 aliphatic rings. The maximum atomic E-state index is 13.3. The first-order valence-electron chi connectivity index (χ1n) is 5.33. The quantitative estimate of drug-likeness (QED) is 0.870. The molecule has 0 fully saturated rings. The van der Waals surface area contributed by atoms with E-state index < -0.39 is 0 Å². The molecule has 0 saturated carbocycles. The minimum Gasteiger partial charge on any atom is -0.496 e. The summed E-state index contributed by atoms with van der Waals surface area (Å²) in [6, 6.07) is 15.1. The summed E-state index contributed by atoms with van der Waals surface area (Å²) >= 11 is 0. The Morgan fingerprint density at radius 2 is 2.06 bits per heavy atom. The van der Waals surface area contributed by atoms with Crippen molar-refractivity contribution in [3.63, 3.8) is 0 Å². The number of methoxy groups -OCH3 is 1. The Morgan fingerprint density at radius 3 is 2.82 bits per heavy atom. The van der Waals surface area contributed by atoms with Gasteiger partial charge in [0, 0.05) is 18.2 Å². The van der Waals surface area contributed by atoms with E-state index in [0.717, 1.165) is 11.3 Å². The van der Waals surface area contributed by atoms with Gasteiger partial charge in [0.05, 0.1) is 12.8 Å². The van der Waals surface area contributed by atoms with Crippen LogP contribution in [-0.4, -0.2) is 7.11 Å². The molecule has 0 spiro atoms. The number of rotatable bonds is 4. The maximum Gasteiger partial charge on any atom is 0.146 e. The second-order valence-corrected chi connectivity index (χ2v) is 3.56. The predicted octanol–water partition coefficient (Wildman–Crippen LogP) is 3.25. The first-order valence-corrected chi connectivity index (χ1v) is 5.33. The largest absolute Gasteiger partial charge is 0.496 e. The molecule has 0 atom stereocenters. The van der Waals surface area contributed by atoms with Crippen LogP contribution in [-0.2, 0) is 6.54 Å². The van der Waals surface area contributed by atoms with Crippen molar-refractivity contribution in [1.82, 2.24) is 0 Å². The molecule has 0 aliphatic heterocycles. The average molecular weight is 230 g/mol. The number of halogens is 1. The number of para-hydroxylation sites is 2. The zero-order valence-corrected chi connectivity index (χ0v) is 9.53. The molecule has 2 nitrogen and oxygen atoms in total. The topological polar surface area (TPSA) is 21.3 Å². The molecule has 2 aromatic rings. The number of anilines is 1. The third kappa shape index (κ3) is 2.75. The van der Waals surface area contributed by atoms with Gasteiger partial charge in [-0.05, 0) is 12.1 Å². The van der Waals surface area contributed by atoms with E-state index in [9.17, 15) is 4.39 Å². The van der Waals surface area contributed by atoms with Gasteiger partial charge in [-0.25, -0.2) is 4.39 Å². The van der Waals surface area contributed by atoms with Gasteiger partial charge in [0.2, 0.25) is 0 Å². The van der Waals surface area contributed by atoms with Gasteiger partial charge >= 0.3 is 0 Å². The lowest BCUT2D eigenvalue weighted by Gasteiger charge is -2.10. The van der Waals surface area contributed by atoms with Crippen molar-refractivity contribution < 1.29 is 9.13 Å².